The van der Waals surface area contributed by atoms with Crippen LogP contribution in [0.5, 0.6) is 0 Å². The first-order valence-electron chi connectivity index (χ1n) is 6.78. The normalized spacial score (nSPS) is 13.8. The van der Waals surface area contributed by atoms with Gasteiger partial charge in [0, 0.05) is 11.8 Å². The lowest BCUT2D eigenvalue weighted by atomic mass is 10.1. The van der Waals surface area contributed by atoms with Crippen LogP contribution in [-0.2, 0) is 12.8 Å². The van der Waals surface area contributed by atoms with E-state index in [2.05, 4.69) is 23.2 Å². The molecule has 0 fully saturated rings. The summed E-state index contributed by atoms with van der Waals surface area (Å²) in [6, 6.07) is 11.0. The number of aryl methyl sites for hydroxylation is 2. The number of fused-ring (bicyclic) bond motifs is 2. The van der Waals surface area contributed by atoms with Gasteiger partial charge in [0.2, 0.25) is 5.95 Å². The van der Waals surface area contributed by atoms with Gasteiger partial charge in [0.05, 0.1) is 11.0 Å². The van der Waals surface area contributed by atoms with E-state index in [0.717, 1.165) is 24.0 Å². The Morgan fingerprint density at radius 2 is 1.90 bits per heavy atom. The number of nitrogens with zero attached hydrogens (tertiary/aromatic N) is 2. The van der Waals surface area contributed by atoms with E-state index in [0.29, 0.717) is 11.5 Å². The quantitative estimate of drug-likeness (QED) is 0.735. The topological polar surface area (TPSA) is 43.8 Å². The van der Waals surface area contributed by atoms with Crippen molar-refractivity contribution < 1.29 is 4.39 Å². The number of aromatic nitrogens is 2. The van der Waals surface area contributed by atoms with Gasteiger partial charge in [-0.3, -0.25) is 4.57 Å². The summed E-state index contributed by atoms with van der Waals surface area (Å²) in [7, 11) is 0. The number of hydrogen-bond acceptors (Lipinski definition) is 2. The summed E-state index contributed by atoms with van der Waals surface area (Å²) in [4.78, 5) is 4.24. The highest BCUT2D eigenvalue weighted by Gasteiger charge is 2.15. The molecule has 100 valence electrons. The van der Waals surface area contributed by atoms with Crippen molar-refractivity contribution in [1.29, 1.82) is 0 Å². The molecule has 0 aliphatic heterocycles. The van der Waals surface area contributed by atoms with Crippen molar-refractivity contribution in [1.82, 2.24) is 9.55 Å². The molecule has 0 radical (unpaired) electrons. The zero-order chi connectivity index (χ0) is 13.7. The molecule has 1 aliphatic carbocycles. The molecule has 3 aromatic rings. The van der Waals surface area contributed by atoms with Crippen LogP contribution in [0.25, 0.3) is 16.7 Å². The van der Waals surface area contributed by atoms with Crippen LogP contribution in [0.3, 0.4) is 0 Å². The van der Waals surface area contributed by atoms with E-state index in [1.54, 1.807) is 6.07 Å². The van der Waals surface area contributed by atoms with Crippen molar-refractivity contribution in [2.45, 2.75) is 19.3 Å². The maximum Gasteiger partial charge on any atom is 0.205 e. The second-order valence-corrected chi connectivity index (χ2v) is 5.25. The minimum atomic E-state index is -0.295. The number of nitrogens with two attached hydrogens (primary N) is 1. The van der Waals surface area contributed by atoms with Gasteiger partial charge in [-0.25, -0.2) is 9.37 Å². The molecular weight excluding hydrogens is 253 g/mol. The number of nitrogen functional groups attached to an aromatic ring is 1. The fourth-order valence-corrected chi connectivity index (χ4v) is 3.04. The average molecular weight is 267 g/mol. The van der Waals surface area contributed by atoms with Crippen LogP contribution >= 0.6 is 0 Å². The molecule has 0 atom stereocenters. The summed E-state index contributed by atoms with van der Waals surface area (Å²) in [5, 5.41) is 0. The molecule has 0 bridgehead atoms. The first-order valence-corrected chi connectivity index (χ1v) is 6.78. The Morgan fingerprint density at radius 1 is 1.05 bits per heavy atom. The molecule has 1 aromatic heterocycles. The Balaban J connectivity index is 1.96. The van der Waals surface area contributed by atoms with Crippen molar-refractivity contribution in [3.63, 3.8) is 0 Å². The van der Waals surface area contributed by atoms with Crippen LogP contribution in [0, 0.1) is 5.82 Å². The summed E-state index contributed by atoms with van der Waals surface area (Å²) in [5.74, 6) is 0.0969. The van der Waals surface area contributed by atoms with Gasteiger partial charge in [-0.15, -0.1) is 0 Å². The van der Waals surface area contributed by atoms with Gasteiger partial charge < -0.3 is 5.73 Å². The van der Waals surface area contributed by atoms with E-state index >= 15 is 0 Å². The molecule has 2 aromatic carbocycles. The first kappa shape index (κ1) is 11.5. The molecule has 3 nitrogen and oxygen atoms in total. The van der Waals surface area contributed by atoms with Crippen molar-refractivity contribution in [3.05, 3.63) is 53.3 Å². The highest BCUT2D eigenvalue weighted by molar-refractivity contribution is 5.81. The molecule has 2 N–H and O–H groups in total. The Hall–Kier alpha value is -2.36. The number of anilines is 1. The van der Waals surface area contributed by atoms with E-state index in [9.17, 15) is 4.39 Å². The van der Waals surface area contributed by atoms with Gasteiger partial charge in [-0.2, -0.15) is 0 Å². The number of rotatable bonds is 1. The highest BCUT2D eigenvalue weighted by atomic mass is 19.1. The summed E-state index contributed by atoms with van der Waals surface area (Å²) in [6.07, 6.45) is 3.48. The third-order valence-electron chi connectivity index (χ3n) is 3.98. The zero-order valence-electron chi connectivity index (χ0n) is 10.9. The smallest absolute Gasteiger partial charge is 0.205 e. The van der Waals surface area contributed by atoms with Crippen LogP contribution in [0.2, 0.25) is 0 Å². The Labute approximate surface area is 115 Å². The van der Waals surface area contributed by atoms with Crippen molar-refractivity contribution >= 4 is 17.0 Å². The van der Waals surface area contributed by atoms with Gasteiger partial charge in [0.15, 0.2) is 0 Å². The molecule has 0 unspecified atom stereocenters. The van der Waals surface area contributed by atoms with Crippen LogP contribution in [0.1, 0.15) is 17.5 Å². The van der Waals surface area contributed by atoms with Gasteiger partial charge >= 0.3 is 0 Å². The zero-order valence-corrected chi connectivity index (χ0v) is 10.9. The lowest BCUT2D eigenvalue weighted by Crippen LogP contribution is -2.01. The summed E-state index contributed by atoms with van der Waals surface area (Å²) < 4.78 is 15.2. The summed E-state index contributed by atoms with van der Waals surface area (Å²) >= 11 is 0. The number of benzene rings is 2. The van der Waals surface area contributed by atoms with E-state index in [4.69, 9.17) is 5.73 Å². The van der Waals surface area contributed by atoms with E-state index in [1.807, 2.05) is 4.57 Å². The summed E-state index contributed by atoms with van der Waals surface area (Å²) in [5.41, 5.74) is 11.2. The van der Waals surface area contributed by atoms with Crippen LogP contribution < -0.4 is 5.73 Å². The molecule has 0 amide bonds. The molecule has 1 heterocycles. The lowest BCUT2D eigenvalue weighted by Gasteiger charge is -2.09. The largest absolute Gasteiger partial charge is 0.369 e. The van der Waals surface area contributed by atoms with Crippen LogP contribution in [0.15, 0.2) is 36.4 Å². The summed E-state index contributed by atoms with van der Waals surface area (Å²) in [6.45, 7) is 0. The van der Waals surface area contributed by atoms with Gasteiger partial charge in [0.1, 0.15) is 5.82 Å². The van der Waals surface area contributed by atoms with Crippen molar-refractivity contribution in [2.75, 3.05) is 5.73 Å². The monoisotopic (exact) mass is 267 g/mol. The fraction of sp³-hybridized carbons (Fsp3) is 0.188. The lowest BCUT2D eigenvalue weighted by molar-refractivity contribution is 0.629. The SMILES string of the molecule is Nc1nc2cc(F)ccc2n1-c1ccc2c(c1)CCC2. The second-order valence-electron chi connectivity index (χ2n) is 5.25. The van der Waals surface area contributed by atoms with Crippen molar-refractivity contribution in [3.8, 4) is 5.69 Å². The van der Waals surface area contributed by atoms with Crippen LogP contribution in [0.4, 0.5) is 10.3 Å². The number of halogens is 1. The molecule has 4 rings (SSSR count). The maximum absolute atomic E-state index is 13.3. The van der Waals surface area contributed by atoms with E-state index in [1.165, 1.54) is 29.7 Å². The maximum atomic E-state index is 13.3. The minimum Gasteiger partial charge on any atom is -0.369 e. The van der Waals surface area contributed by atoms with E-state index in [-0.39, 0.29) is 5.82 Å². The first-order chi connectivity index (χ1) is 9.72. The second kappa shape index (κ2) is 4.07. The third-order valence-corrected chi connectivity index (χ3v) is 3.98. The highest BCUT2D eigenvalue weighted by Crippen LogP contribution is 2.28. The number of hydrogen-bond donors (Lipinski definition) is 1. The molecule has 0 saturated heterocycles. The Bertz CT molecular complexity index is 820. The Morgan fingerprint density at radius 3 is 2.80 bits per heavy atom. The van der Waals surface area contributed by atoms with Gasteiger partial charge in [-0.05, 0) is 54.7 Å². The van der Waals surface area contributed by atoms with Crippen LogP contribution in [-0.4, -0.2) is 9.55 Å². The Kier molecular flexibility index (Phi) is 2.33. The predicted molar refractivity (Wildman–Crippen MR) is 77.5 cm³/mol. The van der Waals surface area contributed by atoms with Crippen molar-refractivity contribution in [2.24, 2.45) is 0 Å². The fourth-order valence-electron chi connectivity index (χ4n) is 3.04. The number of imidazole rings is 1. The standard InChI is InChI=1S/C16H14FN3/c17-12-5-7-15-14(9-12)19-16(18)20(15)13-6-4-10-2-1-3-11(10)8-13/h4-9H,1-3H2,(H2,18,19). The molecular formula is C16H14FN3. The van der Waals surface area contributed by atoms with Gasteiger partial charge in [-0.1, -0.05) is 6.07 Å². The third kappa shape index (κ3) is 1.61. The average Bonchev–Trinajstić information content (AvgIpc) is 3.00. The molecule has 4 heteroatoms. The molecule has 1 aliphatic rings. The molecule has 0 saturated carbocycles. The predicted octanol–water partition coefficient (Wildman–Crippen LogP) is 3.24. The van der Waals surface area contributed by atoms with Gasteiger partial charge in [0.25, 0.3) is 0 Å². The minimum absolute atomic E-state index is 0.295. The molecule has 20 heavy (non-hydrogen) atoms. The molecule has 0 spiro atoms. The van der Waals surface area contributed by atoms with E-state index < -0.39 is 0 Å².